The normalized spacial score (nSPS) is 12.1. The number of nitrogens with zero attached hydrogens (tertiary/aromatic N) is 1. The molecule has 1 amide bonds. The Morgan fingerprint density at radius 2 is 2.10 bits per heavy atom. The van der Waals surface area contributed by atoms with Crippen molar-refractivity contribution in [3.05, 3.63) is 29.8 Å². The van der Waals surface area contributed by atoms with E-state index in [9.17, 15) is 13.2 Å². The molecular formula is C13H19N3O4S. The topological polar surface area (TPSA) is 122 Å². The molecule has 0 heterocycles. The minimum Gasteiger partial charge on any atom is -0.409 e. The molecule has 1 aromatic carbocycles. The van der Waals surface area contributed by atoms with Crippen molar-refractivity contribution in [1.29, 1.82) is 0 Å². The lowest BCUT2D eigenvalue weighted by molar-refractivity contribution is 0.0953. The van der Waals surface area contributed by atoms with Crippen LogP contribution in [0.4, 0.5) is 0 Å². The van der Waals surface area contributed by atoms with Gasteiger partial charge in [0, 0.05) is 24.8 Å². The van der Waals surface area contributed by atoms with Crippen LogP contribution in [0.5, 0.6) is 0 Å². The van der Waals surface area contributed by atoms with E-state index in [0.29, 0.717) is 31.4 Å². The third kappa shape index (κ3) is 5.82. The van der Waals surface area contributed by atoms with Gasteiger partial charge in [-0.2, -0.15) is 0 Å². The second kappa shape index (κ2) is 7.63. The number of amides is 1. The first-order valence-corrected chi connectivity index (χ1v) is 8.28. The van der Waals surface area contributed by atoms with Crippen molar-refractivity contribution in [3.8, 4) is 0 Å². The van der Waals surface area contributed by atoms with Gasteiger partial charge in [0.05, 0.1) is 4.90 Å². The fourth-order valence-electron chi connectivity index (χ4n) is 1.65. The number of carbonyl (C=O) groups excluding carboxylic acids is 1. The monoisotopic (exact) mass is 313 g/mol. The second-order valence-electron chi connectivity index (χ2n) is 4.60. The number of hydrogen-bond donors (Lipinski definition) is 3. The lowest BCUT2D eigenvalue weighted by atomic mass is 10.2. The Balaban J connectivity index is 2.50. The molecule has 4 N–H and O–H groups in total. The molecule has 21 heavy (non-hydrogen) atoms. The number of carbonyl (C=O) groups is 1. The quantitative estimate of drug-likeness (QED) is 0.225. The highest BCUT2D eigenvalue weighted by Gasteiger charge is 2.11. The Hall–Kier alpha value is -2.09. The SMILES string of the molecule is CS(=O)(=O)c1cccc(C(=O)NCCCCC(N)=NO)c1. The lowest BCUT2D eigenvalue weighted by Crippen LogP contribution is -2.25. The molecule has 116 valence electrons. The van der Waals surface area contributed by atoms with Crippen molar-refractivity contribution in [2.24, 2.45) is 10.9 Å². The number of oxime groups is 1. The molecule has 0 aromatic heterocycles. The van der Waals surface area contributed by atoms with E-state index in [-0.39, 0.29) is 16.6 Å². The summed E-state index contributed by atoms with van der Waals surface area (Å²) in [5, 5.41) is 13.9. The second-order valence-corrected chi connectivity index (χ2v) is 6.62. The van der Waals surface area contributed by atoms with E-state index in [1.807, 2.05) is 0 Å². The molecule has 0 fully saturated rings. The molecular weight excluding hydrogens is 294 g/mol. The summed E-state index contributed by atoms with van der Waals surface area (Å²) < 4.78 is 22.8. The molecule has 0 atom stereocenters. The van der Waals surface area contributed by atoms with Gasteiger partial charge in [-0.3, -0.25) is 4.79 Å². The molecule has 0 saturated carbocycles. The van der Waals surface area contributed by atoms with Crippen molar-refractivity contribution in [2.75, 3.05) is 12.8 Å². The van der Waals surface area contributed by atoms with E-state index in [4.69, 9.17) is 10.9 Å². The van der Waals surface area contributed by atoms with Gasteiger partial charge in [-0.05, 0) is 31.0 Å². The molecule has 0 spiro atoms. The highest BCUT2D eigenvalue weighted by Crippen LogP contribution is 2.11. The predicted molar refractivity (Wildman–Crippen MR) is 79.1 cm³/mol. The smallest absolute Gasteiger partial charge is 0.251 e. The highest BCUT2D eigenvalue weighted by atomic mass is 32.2. The zero-order valence-corrected chi connectivity index (χ0v) is 12.6. The number of hydrogen-bond acceptors (Lipinski definition) is 5. The summed E-state index contributed by atoms with van der Waals surface area (Å²) in [6.07, 6.45) is 2.90. The fraction of sp³-hybridized carbons (Fsp3) is 0.385. The maximum atomic E-state index is 11.9. The maximum Gasteiger partial charge on any atom is 0.251 e. The van der Waals surface area contributed by atoms with E-state index >= 15 is 0 Å². The van der Waals surface area contributed by atoms with Gasteiger partial charge in [-0.25, -0.2) is 8.42 Å². The average molecular weight is 313 g/mol. The van der Waals surface area contributed by atoms with Crippen LogP contribution in [-0.4, -0.2) is 38.2 Å². The zero-order valence-electron chi connectivity index (χ0n) is 11.7. The molecule has 0 radical (unpaired) electrons. The first kappa shape index (κ1) is 17.0. The number of rotatable bonds is 7. The summed E-state index contributed by atoms with van der Waals surface area (Å²) in [5.41, 5.74) is 5.62. The van der Waals surface area contributed by atoms with Crippen molar-refractivity contribution < 1.29 is 18.4 Å². The van der Waals surface area contributed by atoms with E-state index < -0.39 is 9.84 Å². The fourth-order valence-corrected chi connectivity index (χ4v) is 2.32. The largest absolute Gasteiger partial charge is 0.409 e. The molecule has 0 aliphatic carbocycles. The molecule has 7 nitrogen and oxygen atoms in total. The van der Waals surface area contributed by atoms with Crippen molar-refractivity contribution in [2.45, 2.75) is 24.2 Å². The molecule has 0 bridgehead atoms. The van der Waals surface area contributed by atoms with Crippen LogP contribution in [0, 0.1) is 0 Å². The Kier molecular flexibility index (Phi) is 6.16. The Bertz CT molecular complexity index is 626. The Morgan fingerprint density at radius 3 is 2.71 bits per heavy atom. The van der Waals surface area contributed by atoms with Crippen molar-refractivity contribution in [1.82, 2.24) is 5.32 Å². The number of benzene rings is 1. The first-order chi connectivity index (χ1) is 9.84. The van der Waals surface area contributed by atoms with Gasteiger partial charge >= 0.3 is 0 Å². The van der Waals surface area contributed by atoms with Crippen LogP contribution < -0.4 is 11.1 Å². The van der Waals surface area contributed by atoms with Crippen LogP contribution in [0.15, 0.2) is 34.3 Å². The Labute approximate surface area is 123 Å². The van der Waals surface area contributed by atoms with Crippen LogP contribution in [-0.2, 0) is 9.84 Å². The average Bonchev–Trinajstić information content (AvgIpc) is 2.45. The maximum absolute atomic E-state index is 11.9. The van der Waals surface area contributed by atoms with E-state index in [2.05, 4.69) is 10.5 Å². The van der Waals surface area contributed by atoms with Crippen molar-refractivity contribution in [3.63, 3.8) is 0 Å². The summed E-state index contributed by atoms with van der Waals surface area (Å²) in [5.74, 6) is -0.175. The van der Waals surface area contributed by atoms with Gasteiger partial charge in [0.15, 0.2) is 9.84 Å². The zero-order chi connectivity index (χ0) is 15.9. The van der Waals surface area contributed by atoms with Crippen LogP contribution in [0.25, 0.3) is 0 Å². The molecule has 8 heteroatoms. The summed E-state index contributed by atoms with van der Waals surface area (Å²) in [7, 11) is -3.33. The van der Waals surface area contributed by atoms with E-state index in [1.54, 1.807) is 6.07 Å². The molecule has 1 aromatic rings. The minimum absolute atomic E-state index is 0.113. The summed E-state index contributed by atoms with van der Waals surface area (Å²) in [6, 6.07) is 5.88. The molecule has 0 aliphatic rings. The van der Waals surface area contributed by atoms with E-state index in [0.717, 1.165) is 6.26 Å². The van der Waals surface area contributed by atoms with Gasteiger partial charge in [-0.15, -0.1) is 0 Å². The van der Waals surface area contributed by atoms with Crippen LogP contribution in [0.1, 0.15) is 29.6 Å². The predicted octanol–water partition coefficient (Wildman–Crippen LogP) is 0.737. The first-order valence-electron chi connectivity index (χ1n) is 6.39. The molecule has 1 rings (SSSR count). The van der Waals surface area contributed by atoms with E-state index in [1.165, 1.54) is 18.2 Å². The van der Waals surface area contributed by atoms with Crippen molar-refractivity contribution >= 4 is 21.6 Å². The molecule has 0 unspecified atom stereocenters. The van der Waals surface area contributed by atoms with Gasteiger partial charge in [0.25, 0.3) is 5.91 Å². The van der Waals surface area contributed by atoms with Crippen LogP contribution in [0.2, 0.25) is 0 Å². The summed E-state index contributed by atoms with van der Waals surface area (Å²) in [6.45, 7) is 0.431. The molecule has 0 saturated heterocycles. The third-order valence-electron chi connectivity index (χ3n) is 2.80. The summed E-state index contributed by atoms with van der Waals surface area (Å²) >= 11 is 0. The number of sulfone groups is 1. The van der Waals surface area contributed by atoms with Crippen LogP contribution >= 0.6 is 0 Å². The number of amidine groups is 1. The molecule has 0 aliphatic heterocycles. The highest BCUT2D eigenvalue weighted by molar-refractivity contribution is 7.90. The number of unbranched alkanes of at least 4 members (excludes halogenated alkanes) is 1. The Morgan fingerprint density at radius 1 is 1.38 bits per heavy atom. The van der Waals surface area contributed by atoms with Crippen LogP contribution in [0.3, 0.4) is 0 Å². The van der Waals surface area contributed by atoms with Gasteiger partial charge in [0.2, 0.25) is 0 Å². The van der Waals surface area contributed by atoms with Gasteiger partial charge in [-0.1, -0.05) is 11.2 Å². The lowest BCUT2D eigenvalue weighted by Gasteiger charge is -2.06. The number of nitrogens with one attached hydrogen (secondary N) is 1. The summed E-state index contributed by atoms with van der Waals surface area (Å²) in [4.78, 5) is 12.0. The van der Waals surface area contributed by atoms with Gasteiger partial charge in [0.1, 0.15) is 5.84 Å². The number of nitrogens with two attached hydrogens (primary N) is 1. The minimum atomic E-state index is -3.33. The van der Waals surface area contributed by atoms with Gasteiger partial charge < -0.3 is 16.3 Å². The standard InChI is InChI=1S/C13H19N3O4S/c1-21(19,20)11-6-4-5-10(9-11)13(17)15-8-3-2-7-12(14)16-18/h4-6,9,18H,2-3,7-8H2,1H3,(H2,14,16)(H,15,17). The third-order valence-corrected chi connectivity index (χ3v) is 3.91.